The van der Waals surface area contributed by atoms with E-state index in [9.17, 15) is 0 Å². The molecule has 0 amide bonds. The highest BCUT2D eigenvalue weighted by molar-refractivity contribution is 8.00. The quantitative estimate of drug-likeness (QED) is 0.788. The molecule has 0 fully saturated rings. The van der Waals surface area contributed by atoms with Crippen molar-refractivity contribution in [3.8, 4) is 0 Å². The van der Waals surface area contributed by atoms with Gasteiger partial charge in [-0.25, -0.2) is 9.97 Å². The molecule has 2 rings (SSSR count). The maximum Gasteiger partial charge on any atom is 0.149 e. The standard InChI is InChI=1S/C8H9N3S2/c1(7-5-9-6-11-7)3-12-8-10-2-4-13-8/h2,4-6H,1,3H2,(H,9,11). The van der Waals surface area contributed by atoms with Crippen LogP contribution < -0.4 is 0 Å². The van der Waals surface area contributed by atoms with E-state index in [1.807, 2.05) is 17.8 Å². The fraction of sp³-hybridized carbons (Fsp3) is 0.250. The minimum absolute atomic E-state index is 1.02. The van der Waals surface area contributed by atoms with Crippen molar-refractivity contribution in [2.24, 2.45) is 0 Å². The van der Waals surface area contributed by atoms with Crippen LogP contribution in [0.25, 0.3) is 0 Å². The third-order valence-electron chi connectivity index (χ3n) is 1.56. The summed E-state index contributed by atoms with van der Waals surface area (Å²) in [6, 6.07) is 0. The molecule has 0 aliphatic rings. The molecule has 2 aromatic heterocycles. The SMILES string of the molecule is c1csc(SCCc2cnc[nH]2)n1. The molecule has 2 aromatic rings. The van der Waals surface area contributed by atoms with Crippen molar-refractivity contribution in [2.45, 2.75) is 10.8 Å². The summed E-state index contributed by atoms with van der Waals surface area (Å²) in [5, 5.41) is 2.00. The van der Waals surface area contributed by atoms with E-state index in [-0.39, 0.29) is 0 Å². The van der Waals surface area contributed by atoms with Crippen LogP contribution in [0, 0.1) is 0 Å². The number of H-pyrrole nitrogens is 1. The summed E-state index contributed by atoms with van der Waals surface area (Å²) in [5.74, 6) is 1.05. The van der Waals surface area contributed by atoms with Gasteiger partial charge in [-0.15, -0.1) is 11.3 Å². The Morgan fingerprint density at radius 1 is 1.54 bits per heavy atom. The van der Waals surface area contributed by atoms with Crippen LogP contribution in [0.2, 0.25) is 0 Å². The van der Waals surface area contributed by atoms with E-state index in [0.29, 0.717) is 0 Å². The van der Waals surface area contributed by atoms with E-state index in [0.717, 1.165) is 16.5 Å². The lowest BCUT2D eigenvalue weighted by atomic mass is 10.4. The Morgan fingerprint density at radius 3 is 3.23 bits per heavy atom. The van der Waals surface area contributed by atoms with Gasteiger partial charge in [-0.3, -0.25) is 0 Å². The van der Waals surface area contributed by atoms with E-state index in [1.54, 1.807) is 29.4 Å². The zero-order valence-electron chi connectivity index (χ0n) is 6.93. The van der Waals surface area contributed by atoms with Crippen molar-refractivity contribution in [2.75, 3.05) is 5.75 Å². The Kier molecular flexibility index (Phi) is 2.99. The third-order valence-corrected chi connectivity index (χ3v) is 3.53. The summed E-state index contributed by atoms with van der Waals surface area (Å²) >= 11 is 3.47. The molecule has 0 saturated carbocycles. The van der Waals surface area contributed by atoms with Crippen LogP contribution in [0.15, 0.2) is 28.4 Å². The number of aryl methyl sites for hydroxylation is 1. The van der Waals surface area contributed by atoms with Crippen LogP contribution in [0.1, 0.15) is 5.69 Å². The Bertz CT molecular complexity index is 294. The number of hydrogen-bond acceptors (Lipinski definition) is 4. The minimum atomic E-state index is 1.02. The van der Waals surface area contributed by atoms with Crippen molar-refractivity contribution >= 4 is 23.1 Å². The highest BCUT2D eigenvalue weighted by Gasteiger charge is 1.97. The molecular weight excluding hydrogens is 202 g/mol. The highest BCUT2D eigenvalue weighted by Crippen LogP contribution is 2.20. The van der Waals surface area contributed by atoms with Crippen molar-refractivity contribution in [3.63, 3.8) is 0 Å². The number of aromatic amines is 1. The third kappa shape index (κ3) is 2.57. The first kappa shape index (κ1) is 8.77. The summed E-state index contributed by atoms with van der Waals surface area (Å²) < 4.78 is 1.14. The van der Waals surface area contributed by atoms with Gasteiger partial charge in [-0.05, 0) is 6.42 Å². The van der Waals surface area contributed by atoms with Crippen molar-refractivity contribution < 1.29 is 0 Å². The van der Waals surface area contributed by atoms with Gasteiger partial charge >= 0.3 is 0 Å². The second kappa shape index (κ2) is 4.43. The van der Waals surface area contributed by atoms with Crippen molar-refractivity contribution in [1.29, 1.82) is 0 Å². The molecule has 5 heteroatoms. The summed E-state index contributed by atoms with van der Waals surface area (Å²) in [6.07, 6.45) is 6.43. The predicted octanol–water partition coefficient (Wildman–Crippen LogP) is 2.20. The number of thiazole rings is 1. The molecule has 0 atom stereocenters. The van der Waals surface area contributed by atoms with Crippen LogP contribution in [-0.4, -0.2) is 20.7 Å². The first-order valence-electron chi connectivity index (χ1n) is 3.95. The van der Waals surface area contributed by atoms with E-state index >= 15 is 0 Å². The van der Waals surface area contributed by atoms with Gasteiger partial charge in [0.25, 0.3) is 0 Å². The molecule has 2 heterocycles. The molecular formula is C8H9N3S2. The molecule has 0 saturated heterocycles. The number of nitrogens with zero attached hydrogens (tertiary/aromatic N) is 2. The minimum Gasteiger partial charge on any atom is -0.348 e. The average molecular weight is 211 g/mol. The van der Waals surface area contributed by atoms with Crippen LogP contribution >= 0.6 is 23.1 Å². The fourth-order valence-corrected chi connectivity index (χ4v) is 2.63. The maximum atomic E-state index is 4.19. The smallest absolute Gasteiger partial charge is 0.149 e. The van der Waals surface area contributed by atoms with E-state index < -0.39 is 0 Å². The molecule has 0 aromatic carbocycles. The Hall–Kier alpha value is -0.810. The molecule has 3 nitrogen and oxygen atoms in total. The van der Waals surface area contributed by atoms with Crippen LogP contribution in [0.4, 0.5) is 0 Å². The molecule has 0 bridgehead atoms. The zero-order chi connectivity index (χ0) is 8.93. The maximum absolute atomic E-state index is 4.19. The predicted molar refractivity (Wildman–Crippen MR) is 55.1 cm³/mol. The van der Waals surface area contributed by atoms with E-state index in [4.69, 9.17) is 0 Å². The molecule has 0 aliphatic carbocycles. The molecule has 1 N–H and O–H groups in total. The lowest BCUT2D eigenvalue weighted by molar-refractivity contribution is 1.07. The molecule has 0 unspecified atom stereocenters. The zero-order valence-corrected chi connectivity index (χ0v) is 8.57. The first-order chi connectivity index (χ1) is 6.45. The number of nitrogens with one attached hydrogen (secondary N) is 1. The average Bonchev–Trinajstić information content (AvgIpc) is 2.75. The Labute approximate surface area is 84.6 Å². The molecule has 0 aliphatic heterocycles. The van der Waals surface area contributed by atoms with Crippen LogP contribution in [-0.2, 0) is 6.42 Å². The topological polar surface area (TPSA) is 41.6 Å². The fourth-order valence-electron chi connectivity index (χ4n) is 0.951. The van der Waals surface area contributed by atoms with Gasteiger partial charge in [-0.2, -0.15) is 0 Å². The summed E-state index contributed by atoms with van der Waals surface area (Å²) in [6.45, 7) is 0. The van der Waals surface area contributed by atoms with Gasteiger partial charge in [-0.1, -0.05) is 11.8 Å². The second-order valence-electron chi connectivity index (χ2n) is 2.47. The van der Waals surface area contributed by atoms with E-state index in [2.05, 4.69) is 15.0 Å². The van der Waals surface area contributed by atoms with Gasteiger partial charge in [0.2, 0.25) is 0 Å². The second-order valence-corrected chi connectivity index (χ2v) is 4.71. The van der Waals surface area contributed by atoms with Gasteiger partial charge in [0.1, 0.15) is 4.34 Å². The molecule has 13 heavy (non-hydrogen) atoms. The molecule has 0 radical (unpaired) electrons. The Balaban J connectivity index is 1.76. The van der Waals surface area contributed by atoms with Gasteiger partial charge in [0.05, 0.1) is 6.33 Å². The summed E-state index contributed by atoms with van der Waals surface area (Å²) in [5.41, 5.74) is 1.18. The highest BCUT2D eigenvalue weighted by atomic mass is 32.2. The van der Waals surface area contributed by atoms with Crippen LogP contribution in [0.3, 0.4) is 0 Å². The van der Waals surface area contributed by atoms with Crippen molar-refractivity contribution in [3.05, 3.63) is 29.8 Å². The lowest BCUT2D eigenvalue weighted by Crippen LogP contribution is -1.87. The number of hydrogen-bond donors (Lipinski definition) is 1. The van der Waals surface area contributed by atoms with E-state index in [1.165, 1.54) is 5.69 Å². The van der Waals surface area contributed by atoms with Gasteiger partial charge < -0.3 is 4.98 Å². The van der Waals surface area contributed by atoms with Gasteiger partial charge in [0, 0.05) is 29.2 Å². The molecule has 0 spiro atoms. The summed E-state index contributed by atoms with van der Waals surface area (Å²) in [7, 11) is 0. The summed E-state index contributed by atoms with van der Waals surface area (Å²) in [4.78, 5) is 11.2. The number of thioether (sulfide) groups is 1. The number of aromatic nitrogens is 3. The number of imidazole rings is 1. The lowest BCUT2D eigenvalue weighted by Gasteiger charge is -1.94. The van der Waals surface area contributed by atoms with Crippen molar-refractivity contribution in [1.82, 2.24) is 15.0 Å². The largest absolute Gasteiger partial charge is 0.348 e. The number of rotatable bonds is 4. The Morgan fingerprint density at radius 2 is 2.54 bits per heavy atom. The monoisotopic (exact) mass is 211 g/mol. The first-order valence-corrected chi connectivity index (χ1v) is 5.81. The molecule has 68 valence electrons. The van der Waals surface area contributed by atoms with Gasteiger partial charge in [0.15, 0.2) is 0 Å². The van der Waals surface area contributed by atoms with Crippen LogP contribution in [0.5, 0.6) is 0 Å². The normalized spacial score (nSPS) is 10.5.